The van der Waals surface area contributed by atoms with E-state index in [1.54, 1.807) is 18.2 Å². The van der Waals surface area contributed by atoms with E-state index in [4.69, 9.17) is 10.5 Å². The Morgan fingerprint density at radius 3 is 2.81 bits per heavy atom. The van der Waals surface area contributed by atoms with Gasteiger partial charge >= 0.3 is 0 Å². The Bertz CT molecular complexity index is 644. The lowest BCUT2D eigenvalue weighted by Gasteiger charge is -2.08. The van der Waals surface area contributed by atoms with Gasteiger partial charge in [-0.05, 0) is 58.7 Å². The highest BCUT2D eigenvalue weighted by atomic mass is 79.9. The van der Waals surface area contributed by atoms with Gasteiger partial charge in [-0.3, -0.25) is 4.79 Å². The third-order valence-electron chi connectivity index (χ3n) is 2.87. The van der Waals surface area contributed by atoms with Gasteiger partial charge in [0.2, 0.25) is 5.91 Å². The Morgan fingerprint density at radius 1 is 1.29 bits per heavy atom. The molecule has 0 aliphatic rings. The monoisotopic (exact) mass is 348 g/mol. The largest absolute Gasteiger partial charge is 0.493 e. The number of aryl methyl sites for hydroxylation is 1. The lowest BCUT2D eigenvalue weighted by molar-refractivity contribution is -0.116. The van der Waals surface area contributed by atoms with Gasteiger partial charge in [0.05, 0.1) is 13.0 Å². The highest BCUT2D eigenvalue weighted by Crippen LogP contribution is 2.23. The summed E-state index contributed by atoms with van der Waals surface area (Å²) in [5.41, 5.74) is 8.17. The molecule has 4 nitrogen and oxygen atoms in total. The van der Waals surface area contributed by atoms with Crippen LogP contribution in [0.1, 0.15) is 12.0 Å². The second kappa shape index (κ2) is 7.13. The van der Waals surface area contributed by atoms with E-state index in [9.17, 15) is 4.79 Å². The number of benzene rings is 2. The SMILES string of the molecule is Cc1cccc(OCCC(=O)Nc2ccc(N)c(Br)c2)c1. The van der Waals surface area contributed by atoms with Crippen molar-refractivity contribution in [2.75, 3.05) is 17.7 Å². The molecule has 0 unspecified atom stereocenters. The van der Waals surface area contributed by atoms with Crippen molar-refractivity contribution in [2.24, 2.45) is 0 Å². The minimum Gasteiger partial charge on any atom is -0.493 e. The van der Waals surface area contributed by atoms with Crippen LogP contribution in [-0.4, -0.2) is 12.5 Å². The Hall–Kier alpha value is -2.01. The van der Waals surface area contributed by atoms with Crippen molar-refractivity contribution in [1.82, 2.24) is 0 Å². The first kappa shape index (κ1) is 15.4. The number of nitrogens with two attached hydrogens (primary N) is 1. The lowest BCUT2D eigenvalue weighted by atomic mass is 10.2. The van der Waals surface area contributed by atoms with Crippen molar-refractivity contribution in [3.8, 4) is 5.75 Å². The van der Waals surface area contributed by atoms with Gasteiger partial charge in [-0.1, -0.05) is 12.1 Å². The van der Waals surface area contributed by atoms with E-state index in [2.05, 4.69) is 21.2 Å². The van der Waals surface area contributed by atoms with E-state index < -0.39 is 0 Å². The van der Waals surface area contributed by atoms with E-state index in [-0.39, 0.29) is 12.3 Å². The van der Waals surface area contributed by atoms with E-state index in [1.807, 2.05) is 31.2 Å². The average Bonchev–Trinajstić information content (AvgIpc) is 2.43. The number of carbonyl (C=O) groups excluding carboxylic acids is 1. The van der Waals surface area contributed by atoms with Crippen molar-refractivity contribution in [2.45, 2.75) is 13.3 Å². The van der Waals surface area contributed by atoms with Gasteiger partial charge in [-0.15, -0.1) is 0 Å². The molecule has 0 fully saturated rings. The van der Waals surface area contributed by atoms with Crippen LogP contribution in [0.4, 0.5) is 11.4 Å². The second-order valence-electron chi connectivity index (χ2n) is 4.70. The minimum absolute atomic E-state index is 0.0978. The van der Waals surface area contributed by atoms with Gasteiger partial charge in [-0.2, -0.15) is 0 Å². The summed E-state index contributed by atoms with van der Waals surface area (Å²) in [5, 5.41) is 2.80. The van der Waals surface area contributed by atoms with Gasteiger partial charge in [0.25, 0.3) is 0 Å². The van der Waals surface area contributed by atoms with Gasteiger partial charge < -0.3 is 15.8 Å². The Labute approximate surface area is 132 Å². The zero-order valence-electron chi connectivity index (χ0n) is 11.7. The third-order valence-corrected chi connectivity index (χ3v) is 3.56. The van der Waals surface area contributed by atoms with Gasteiger partial charge in [-0.25, -0.2) is 0 Å². The fraction of sp³-hybridized carbons (Fsp3) is 0.188. The molecule has 110 valence electrons. The molecule has 0 saturated carbocycles. The molecule has 0 spiro atoms. The van der Waals surface area contributed by atoms with E-state index in [1.165, 1.54) is 0 Å². The summed E-state index contributed by atoms with van der Waals surface area (Å²) in [6.07, 6.45) is 0.288. The fourth-order valence-electron chi connectivity index (χ4n) is 1.80. The summed E-state index contributed by atoms with van der Waals surface area (Å²) in [7, 11) is 0. The molecule has 0 aliphatic carbocycles. The number of hydrogen-bond donors (Lipinski definition) is 2. The molecule has 1 amide bonds. The third kappa shape index (κ3) is 4.79. The second-order valence-corrected chi connectivity index (χ2v) is 5.55. The quantitative estimate of drug-likeness (QED) is 0.808. The van der Waals surface area contributed by atoms with E-state index in [0.717, 1.165) is 15.8 Å². The molecule has 5 heteroatoms. The van der Waals surface area contributed by atoms with Crippen LogP contribution in [0.5, 0.6) is 5.75 Å². The first-order valence-electron chi connectivity index (χ1n) is 6.59. The van der Waals surface area contributed by atoms with Gasteiger partial charge in [0.15, 0.2) is 0 Å². The van der Waals surface area contributed by atoms with Crippen molar-refractivity contribution in [1.29, 1.82) is 0 Å². The molecule has 0 radical (unpaired) electrons. The maximum Gasteiger partial charge on any atom is 0.227 e. The maximum absolute atomic E-state index is 11.8. The van der Waals surface area contributed by atoms with Crippen molar-refractivity contribution in [3.63, 3.8) is 0 Å². The van der Waals surface area contributed by atoms with Crippen LogP contribution in [0.15, 0.2) is 46.9 Å². The fourth-order valence-corrected chi connectivity index (χ4v) is 2.17. The number of amides is 1. The van der Waals surface area contributed by atoms with Crippen molar-refractivity contribution < 1.29 is 9.53 Å². The molecule has 2 aromatic rings. The standard InChI is InChI=1S/C16H17BrN2O2/c1-11-3-2-4-13(9-11)21-8-7-16(20)19-12-5-6-15(18)14(17)10-12/h2-6,9-10H,7-8,18H2,1H3,(H,19,20). The molecule has 21 heavy (non-hydrogen) atoms. The van der Waals surface area contributed by atoms with Crippen molar-refractivity contribution in [3.05, 3.63) is 52.5 Å². The Morgan fingerprint density at radius 2 is 2.10 bits per heavy atom. The summed E-state index contributed by atoms with van der Waals surface area (Å²) < 4.78 is 6.31. The highest BCUT2D eigenvalue weighted by Gasteiger charge is 2.05. The summed E-state index contributed by atoms with van der Waals surface area (Å²) >= 11 is 3.32. The summed E-state index contributed by atoms with van der Waals surface area (Å²) in [6.45, 7) is 2.34. The van der Waals surface area contributed by atoms with Crippen LogP contribution < -0.4 is 15.8 Å². The van der Waals surface area contributed by atoms with Crippen LogP contribution in [-0.2, 0) is 4.79 Å². The average molecular weight is 349 g/mol. The van der Waals surface area contributed by atoms with Gasteiger partial charge in [0, 0.05) is 15.8 Å². The molecule has 0 bridgehead atoms. The number of ether oxygens (including phenoxy) is 1. The number of nitrogens with one attached hydrogen (secondary N) is 1. The normalized spacial score (nSPS) is 10.2. The van der Waals surface area contributed by atoms with Crippen LogP contribution >= 0.6 is 15.9 Å². The smallest absolute Gasteiger partial charge is 0.227 e. The van der Waals surface area contributed by atoms with Crippen LogP contribution in [0.2, 0.25) is 0 Å². The van der Waals surface area contributed by atoms with Crippen LogP contribution in [0, 0.1) is 6.92 Å². The number of anilines is 2. The molecule has 0 heterocycles. The molecule has 0 atom stereocenters. The molecular weight excluding hydrogens is 332 g/mol. The Kier molecular flexibility index (Phi) is 5.22. The van der Waals surface area contributed by atoms with Crippen molar-refractivity contribution >= 4 is 33.2 Å². The zero-order valence-corrected chi connectivity index (χ0v) is 13.3. The van der Waals surface area contributed by atoms with Crippen LogP contribution in [0.3, 0.4) is 0 Å². The predicted molar refractivity (Wildman–Crippen MR) is 88.5 cm³/mol. The molecule has 3 N–H and O–H groups in total. The number of hydrogen-bond acceptors (Lipinski definition) is 3. The number of rotatable bonds is 5. The predicted octanol–water partition coefficient (Wildman–Crippen LogP) is 3.75. The first-order valence-corrected chi connectivity index (χ1v) is 7.38. The lowest BCUT2D eigenvalue weighted by Crippen LogP contribution is -2.15. The minimum atomic E-state index is -0.0978. The summed E-state index contributed by atoms with van der Waals surface area (Å²) in [5.74, 6) is 0.678. The topological polar surface area (TPSA) is 64.3 Å². The highest BCUT2D eigenvalue weighted by molar-refractivity contribution is 9.10. The molecule has 0 aromatic heterocycles. The van der Waals surface area contributed by atoms with Gasteiger partial charge in [0.1, 0.15) is 5.75 Å². The molecule has 2 aromatic carbocycles. The first-order chi connectivity index (χ1) is 10.0. The maximum atomic E-state index is 11.8. The van der Waals surface area contributed by atoms with E-state index >= 15 is 0 Å². The molecular formula is C16H17BrN2O2. The molecule has 2 rings (SSSR count). The van der Waals surface area contributed by atoms with Crippen LogP contribution in [0.25, 0.3) is 0 Å². The summed E-state index contributed by atoms with van der Waals surface area (Å²) in [4.78, 5) is 11.8. The number of halogens is 1. The molecule has 0 aliphatic heterocycles. The number of carbonyl (C=O) groups is 1. The Balaban J connectivity index is 1.81. The van der Waals surface area contributed by atoms with E-state index in [0.29, 0.717) is 18.0 Å². The number of nitrogen functional groups attached to an aromatic ring is 1. The zero-order chi connectivity index (χ0) is 15.2. The molecule has 0 saturated heterocycles. The summed E-state index contributed by atoms with van der Waals surface area (Å²) in [6, 6.07) is 13.0.